The zero-order chi connectivity index (χ0) is 15.9. The molecule has 3 aromatic rings. The van der Waals surface area contributed by atoms with Crippen LogP contribution in [-0.4, -0.2) is 14.6 Å². The summed E-state index contributed by atoms with van der Waals surface area (Å²) in [4.78, 5) is 4.71. The molecule has 1 aromatic carbocycles. The normalized spacial score (nSPS) is 11.5. The first-order valence-corrected chi connectivity index (χ1v) is 7.56. The molecular weight excluding hydrogens is 277 g/mol. The number of halogens is 1. The number of nitrogens with zero attached hydrogens (tertiary/aromatic N) is 3. The number of aryl methyl sites for hydroxylation is 1. The van der Waals surface area contributed by atoms with E-state index in [0.717, 1.165) is 28.3 Å². The molecule has 3 nitrogen and oxygen atoms in total. The van der Waals surface area contributed by atoms with Crippen LogP contribution in [0.2, 0.25) is 0 Å². The summed E-state index contributed by atoms with van der Waals surface area (Å²) < 4.78 is 15.7. The summed E-state index contributed by atoms with van der Waals surface area (Å²) in [6, 6.07) is 9.17. The molecule has 0 unspecified atom stereocenters. The van der Waals surface area contributed by atoms with E-state index in [1.165, 1.54) is 6.07 Å². The summed E-state index contributed by atoms with van der Waals surface area (Å²) in [5, 5.41) is 4.59. The van der Waals surface area contributed by atoms with Crippen molar-refractivity contribution < 1.29 is 4.39 Å². The van der Waals surface area contributed by atoms with Crippen molar-refractivity contribution in [2.45, 2.75) is 40.0 Å². The van der Waals surface area contributed by atoms with Gasteiger partial charge in [0.05, 0.1) is 17.1 Å². The van der Waals surface area contributed by atoms with Crippen molar-refractivity contribution in [1.82, 2.24) is 14.6 Å². The topological polar surface area (TPSA) is 30.2 Å². The zero-order valence-corrected chi connectivity index (χ0v) is 13.4. The van der Waals surface area contributed by atoms with Crippen LogP contribution in [0.1, 0.15) is 48.0 Å². The fraction of sp³-hybridized carbons (Fsp3) is 0.333. The van der Waals surface area contributed by atoms with Crippen molar-refractivity contribution in [3.63, 3.8) is 0 Å². The Labute approximate surface area is 129 Å². The van der Waals surface area contributed by atoms with Gasteiger partial charge in [-0.15, -0.1) is 0 Å². The molecule has 0 radical (unpaired) electrons. The van der Waals surface area contributed by atoms with Crippen LogP contribution in [0.5, 0.6) is 0 Å². The lowest BCUT2D eigenvalue weighted by Crippen LogP contribution is -2.05. The van der Waals surface area contributed by atoms with Crippen molar-refractivity contribution in [2.24, 2.45) is 0 Å². The molecule has 4 heteroatoms. The lowest BCUT2D eigenvalue weighted by atomic mass is 9.99. The molecule has 3 rings (SSSR count). The van der Waals surface area contributed by atoms with Crippen LogP contribution in [0.15, 0.2) is 30.3 Å². The highest BCUT2D eigenvalue weighted by Crippen LogP contribution is 2.24. The Hall–Kier alpha value is -2.23. The van der Waals surface area contributed by atoms with Gasteiger partial charge >= 0.3 is 0 Å². The average Bonchev–Trinajstić information content (AvgIpc) is 2.82. The molecule has 22 heavy (non-hydrogen) atoms. The van der Waals surface area contributed by atoms with E-state index in [4.69, 9.17) is 4.98 Å². The van der Waals surface area contributed by atoms with E-state index >= 15 is 0 Å². The van der Waals surface area contributed by atoms with E-state index in [0.29, 0.717) is 17.9 Å². The number of hydrogen-bond donors (Lipinski definition) is 0. The maximum atomic E-state index is 13.8. The minimum atomic E-state index is -0.165. The van der Waals surface area contributed by atoms with Gasteiger partial charge in [0.1, 0.15) is 5.82 Å². The Bertz CT molecular complexity index is 834. The second kappa shape index (κ2) is 5.52. The molecular formula is C18H20FN3. The van der Waals surface area contributed by atoms with Gasteiger partial charge in [-0.1, -0.05) is 26.0 Å². The molecule has 114 valence electrons. The first-order chi connectivity index (χ1) is 10.5. The van der Waals surface area contributed by atoms with Gasteiger partial charge < -0.3 is 0 Å². The summed E-state index contributed by atoms with van der Waals surface area (Å²) in [7, 11) is 0. The quantitative estimate of drug-likeness (QED) is 0.725. The van der Waals surface area contributed by atoms with Crippen LogP contribution in [0, 0.1) is 19.7 Å². The van der Waals surface area contributed by atoms with Crippen molar-refractivity contribution in [3.8, 4) is 0 Å². The van der Waals surface area contributed by atoms with E-state index in [9.17, 15) is 4.39 Å². The molecule has 0 spiro atoms. The average molecular weight is 297 g/mol. The van der Waals surface area contributed by atoms with E-state index in [-0.39, 0.29) is 5.82 Å². The van der Waals surface area contributed by atoms with Gasteiger partial charge in [0.15, 0.2) is 5.65 Å². The van der Waals surface area contributed by atoms with E-state index in [1.54, 1.807) is 6.07 Å². The summed E-state index contributed by atoms with van der Waals surface area (Å²) in [5.74, 6) is 0.132. The van der Waals surface area contributed by atoms with Crippen LogP contribution >= 0.6 is 0 Å². The molecule has 0 aliphatic heterocycles. The molecule has 0 aliphatic rings. The van der Waals surface area contributed by atoms with E-state index in [1.807, 2.05) is 36.6 Å². The SMILES string of the molecule is Cc1ccc2nc(C(C)C)c(Cc3cccc(F)c3C)n2n1. The van der Waals surface area contributed by atoms with Crippen LogP contribution in [0.4, 0.5) is 4.39 Å². The summed E-state index contributed by atoms with van der Waals surface area (Å²) in [6.45, 7) is 8.03. The van der Waals surface area contributed by atoms with Crippen LogP contribution < -0.4 is 0 Å². The highest BCUT2D eigenvalue weighted by atomic mass is 19.1. The lowest BCUT2D eigenvalue weighted by molar-refractivity contribution is 0.615. The first-order valence-electron chi connectivity index (χ1n) is 7.56. The first kappa shape index (κ1) is 14.7. The summed E-state index contributed by atoms with van der Waals surface area (Å²) in [5.41, 5.74) is 5.53. The highest BCUT2D eigenvalue weighted by molar-refractivity contribution is 5.45. The van der Waals surface area contributed by atoms with Gasteiger partial charge in [0.2, 0.25) is 0 Å². The number of hydrogen-bond acceptors (Lipinski definition) is 2. The maximum Gasteiger partial charge on any atom is 0.154 e. The third-order valence-corrected chi connectivity index (χ3v) is 4.02. The molecule has 0 atom stereocenters. The van der Waals surface area contributed by atoms with Crippen molar-refractivity contribution >= 4 is 5.65 Å². The number of benzene rings is 1. The van der Waals surface area contributed by atoms with Gasteiger partial charge in [-0.3, -0.25) is 0 Å². The monoisotopic (exact) mass is 297 g/mol. The van der Waals surface area contributed by atoms with Crippen LogP contribution in [0.3, 0.4) is 0 Å². The van der Waals surface area contributed by atoms with Gasteiger partial charge in [0.25, 0.3) is 0 Å². The number of rotatable bonds is 3. The van der Waals surface area contributed by atoms with Gasteiger partial charge in [-0.05, 0) is 49.1 Å². The molecule has 0 aliphatic carbocycles. The maximum absolute atomic E-state index is 13.8. The standard InChI is InChI=1S/C18H20FN3/c1-11(2)18-16(10-14-6-5-7-15(19)13(14)4)22-17(20-18)9-8-12(3)21-22/h5-9,11H,10H2,1-4H3. The lowest BCUT2D eigenvalue weighted by Gasteiger charge is -2.10. The minimum Gasteiger partial charge on any atom is -0.231 e. The van der Waals surface area contributed by atoms with Crippen LogP contribution in [0.25, 0.3) is 5.65 Å². The van der Waals surface area contributed by atoms with E-state index in [2.05, 4.69) is 18.9 Å². The minimum absolute atomic E-state index is 0.165. The molecule has 0 N–H and O–H groups in total. The molecule has 0 saturated carbocycles. The molecule has 2 heterocycles. The highest BCUT2D eigenvalue weighted by Gasteiger charge is 2.17. The Morgan fingerprint density at radius 2 is 1.91 bits per heavy atom. The molecule has 0 saturated heterocycles. The Balaban J connectivity index is 2.18. The third-order valence-electron chi connectivity index (χ3n) is 4.02. The van der Waals surface area contributed by atoms with E-state index < -0.39 is 0 Å². The number of aromatic nitrogens is 3. The van der Waals surface area contributed by atoms with Crippen molar-refractivity contribution in [3.05, 3.63) is 64.4 Å². The molecule has 2 aromatic heterocycles. The summed E-state index contributed by atoms with van der Waals surface area (Å²) >= 11 is 0. The Morgan fingerprint density at radius 1 is 1.14 bits per heavy atom. The Morgan fingerprint density at radius 3 is 2.64 bits per heavy atom. The fourth-order valence-corrected chi connectivity index (χ4v) is 2.74. The largest absolute Gasteiger partial charge is 0.231 e. The fourth-order valence-electron chi connectivity index (χ4n) is 2.74. The predicted molar refractivity (Wildman–Crippen MR) is 85.8 cm³/mol. The zero-order valence-electron chi connectivity index (χ0n) is 13.4. The molecule has 0 fully saturated rings. The molecule has 0 amide bonds. The third kappa shape index (κ3) is 2.49. The second-order valence-corrected chi connectivity index (χ2v) is 6.04. The van der Waals surface area contributed by atoms with Crippen molar-refractivity contribution in [2.75, 3.05) is 0 Å². The van der Waals surface area contributed by atoms with Crippen LogP contribution in [-0.2, 0) is 6.42 Å². The number of imidazole rings is 1. The van der Waals surface area contributed by atoms with Gasteiger partial charge in [0, 0.05) is 6.42 Å². The van der Waals surface area contributed by atoms with Crippen molar-refractivity contribution in [1.29, 1.82) is 0 Å². The van der Waals surface area contributed by atoms with Gasteiger partial charge in [-0.25, -0.2) is 13.9 Å². The predicted octanol–water partition coefficient (Wildman–Crippen LogP) is 4.20. The van der Waals surface area contributed by atoms with Gasteiger partial charge in [-0.2, -0.15) is 5.10 Å². The second-order valence-electron chi connectivity index (χ2n) is 6.04. The summed E-state index contributed by atoms with van der Waals surface area (Å²) in [6.07, 6.45) is 0.634. The molecule has 0 bridgehead atoms. The number of fused-ring (bicyclic) bond motifs is 1. The smallest absolute Gasteiger partial charge is 0.154 e. The Kier molecular flexibility index (Phi) is 3.69.